The Morgan fingerprint density at radius 2 is 2.19 bits per heavy atom. The van der Waals surface area contributed by atoms with E-state index >= 15 is 0 Å². The van der Waals surface area contributed by atoms with Crippen molar-refractivity contribution in [1.29, 1.82) is 0 Å². The number of ether oxygens (including phenoxy) is 1. The summed E-state index contributed by atoms with van der Waals surface area (Å²) >= 11 is 1.89. The molecule has 1 aromatic heterocycles. The Labute approximate surface area is 130 Å². The van der Waals surface area contributed by atoms with Gasteiger partial charge in [0.05, 0.1) is 12.5 Å². The number of carbonyl (C=O) groups excluding carboxylic acids is 1. The van der Waals surface area contributed by atoms with E-state index in [-0.39, 0.29) is 17.2 Å². The standard InChI is InChI=1S/C16H24N2O2S/c1-12-3-4-13(21-12)9-18-7-5-16(6-8-18)11-17-15(19)14(16)10-20-2/h3-4,14H,5-11H2,1-2H3,(H,17,19)/t14-/m0/s1. The highest BCUT2D eigenvalue weighted by Gasteiger charge is 2.49. The van der Waals surface area contributed by atoms with E-state index in [9.17, 15) is 4.79 Å². The first kappa shape index (κ1) is 15.0. The first-order valence-electron chi connectivity index (χ1n) is 7.67. The quantitative estimate of drug-likeness (QED) is 0.925. The lowest BCUT2D eigenvalue weighted by atomic mass is 9.71. The molecule has 1 aromatic rings. The van der Waals surface area contributed by atoms with Crippen LogP contribution in [0.15, 0.2) is 12.1 Å². The summed E-state index contributed by atoms with van der Waals surface area (Å²) in [6, 6.07) is 4.43. The summed E-state index contributed by atoms with van der Waals surface area (Å²) < 4.78 is 5.28. The number of piperidine rings is 1. The van der Waals surface area contributed by atoms with Crippen LogP contribution in [-0.4, -0.2) is 44.2 Å². The molecule has 0 saturated carbocycles. The molecule has 2 aliphatic heterocycles. The van der Waals surface area contributed by atoms with Crippen molar-refractivity contribution in [2.45, 2.75) is 26.3 Å². The Hall–Kier alpha value is -0.910. The zero-order valence-electron chi connectivity index (χ0n) is 12.9. The maximum Gasteiger partial charge on any atom is 0.226 e. The van der Waals surface area contributed by atoms with Crippen LogP contribution in [0.1, 0.15) is 22.6 Å². The molecule has 1 spiro atoms. The summed E-state index contributed by atoms with van der Waals surface area (Å²) in [5.74, 6) is 0.216. The molecular weight excluding hydrogens is 284 g/mol. The number of carbonyl (C=O) groups is 1. The summed E-state index contributed by atoms with van der Waals surface area (Å²) in [4.78, 5) is 17.3. The number of likely N-dealkylation sites (tertiary alicyclic amines) is 1. The third kappa shape index (κ3) is 3.00. The number of hydrogen-bond acceptors (Lipinski definition) is 4. The zero-order valence-corrected chi connectivity index (χ0v) is 13.7. The van der Waals surface area contributed by atoms with Crippen molar-refractivity contribution in [3.8, 4) is 0 Å². The van der Waals surface area contributed by atoms with Crippen molar-refractivity contribution in [2.24, 2.45) is 11.3 Å². The van der Waals surface area contributed by atoms with Gasteiger partial charge in [0, 0.05) is 35.4 Å². The lowest BCUT2D eigenvalue weighted by Crippen LogP contribution is -2.45. The molecule has 3 rings (SSSR count). The Kier molecular flexibility index (Phi) is 4.33. The maximum atomic E-state index is 12.0. The van der Waals surface area contributed by atoms with Gasteiger partial charge in [-0.1, -0.05) is 0 Å². The highest BCUT2D eigenvalue weighted by atomic mass is 32.1. The lowest BCUT2D eigenvalue weighted by molar-refractivity contribution is -0.126. The van der Waals surface area contributed by atoms with Gasteiger partial charge in [-0.3, -0.25) is 9.69 Å². The normalized spacial score (nSPS) is 25.4. The second-order valence-electron chi connectivity index (χ2n) is 6.38. The van der Waals surface area contributed by atoms with Gasteiger partial charge in [-0.2, -0.15) is 0 Å². The van der Waals surface area contributed by atoms with E-state index in [1.54, 1.807) is 7.11 Å². The number of rotatable bonds is 4. The van der Waals surface area contributed by atoms with Crippen LogP contribution in [0.2, 0.25) is 0 Å². The van der Waals surface area contributed by atoms with E-state index in [2.05, 4.69) is 29.3 Å². The van der Waals surface area contributed by atoms with Gasteiger partial charge in [0.15, 0.2) is 0 Å². The van der Waals surface area contributed by atoms with Crippen molar-refractivity contribution in [3.05, 3.63) is 21.9 Å². The van der Waals surface area contributed by atoms with Crippen LogP contribution in [0, 0.1) is 18.3 Å². The molecule has 0 radical (unpaired) electrons. The van der Waals surface area contributed by atoms with Crippen molar-refractivity contribution in [1.82, 2.24) is 10.2 Å². The number of methoxy groups -OCH3 is 1. The molecule has 3 heterocycles. The summed E-state index contributed by atoms with van der Waals surface area (Å²) in [5, 5.41) is 3.05. The number of aryl methyl sites for hydroxylation is 1. The minimum Gasteiger partial charge on any atom is -0.384 e. The number of nitrogens with one attached hydrogen (secondary N) is 1. The second kappa shape index (κ2) is 6.07. The third-order valence-corrected chi connectivity index (χ3v) is 6.02. The van der Waals surface area contributed by atoms with Crippen LogP contribution in [0.4, 0.5) is 0 Å². The van der Waals surface area contributed by atoms with Crippen LogP contribution in [0.5, 0.6) is 0 Å². The van der Waals surface area contributed by atoms with Gasteiger partial charge in [0.25, 0.3) is 0 Å². The molecule has 0 aromatic carbocycles. The fourth-order valence-electron chi connectivity index (χ4n) is 3.68. The monoisotopic (exact) mass is 308 g/mol. The largest absolute Gasteiger partial charge is 0.384 e. The Morgan fingerprint density at radius 1 is 1.43 bits per heavy atom. The first-order valence-corrected chi connectivity index (χ1v) is 8.49. The smallest absolute Gasteiger partial charge is 0.226 e. The molecule has 5 heteroatoms. The van der Waals surface area contributed by atoms with Crippen molar-refractivity contribution >= 4 is 17.2 Å². The van der Waals surface area contributed by atoms with Crippen LogP contribution in [0.3, 0.4) is 0 Å². The van der Waals surface area contributed by atoms with Crippen LogP contribution >= 0.6 is 11.3 Å². The van der Waals surface area contributed by atoms with Gasteiger partial charge in [-0.15, -0.1) is 11.3 Å². The van der Waals surface area contributed by atoms with E-state index in [4.69, 9.17) is 4.74 Å². The topological polar surface area (TPSA) is 41.6 Å². The number of hydrogen-bond donors (Lipinski definition) is 1. The number of nitrogens with zero attached hydrogens (tertiary/aromatic N) is 1. The molecule has 0 unspecified atom stereocenters. The molecule has 116 valence electrons. The fourth-order valence-corrected chi connectivity index (χ4v) is 4.61. The zero-order chi connectivity index (χ0) is 14.9. The van der Waals surface area contributed by atoms with Gasteiger partial charge < -0.3 is 10.1 Å². The van der Waals surface area contributed by atoms with E-state index in [1.807, 2.05) is 11.3 Å². The fraction of sp³-hybridized carbons (Fsp3) is 0.688. The minimum absolute atomic E-state index is 0.0358. The molecule has 1 N–H and O–H groups in total. The summed E-state index contributed by atoms with van der Waals surface area (Å²) in [6.07, 6.45) is 2.17. The van der Waals surface area contributed by atoms with Crippen LogP contribution < -0.4 is 5.32 Å². The van der Waals surface area contributed by atoms with Gasteiger partial charge in [-0.05, 0) is 45.0 Å². The molecule has 21 heavy (non-hydrogen) atoms. The third-order valence-electron chi connectivity index (χ3n) is 5.03. The maximum absolute atomic E-state index is 12.0. The van der Waals surface area contributed by atoms with Crippen LogP contribution in [0.25, 0.3) is 0 Å². The molecule has 2 saturated heterocycles. The van der Waals surface area contributed by atoms with Crippen molar-refractivity contribution in [2.75, 3.05) is 33.4 Å². The lowest BCUT2D eigenvalue weighted by Gasteiger charge is -2.41. The second-order valence-corrected chi connectivity index (χ2v) is 7.75. The molecule has 0 bridgehead atoms. The first-order chi connectivity index (χ1) is 10.1. The molecular formula is C16H24N2O2S. The van der Waals surface area contributed by atoms with Gasteiger partial charge >= 0.3 is 0 Å². The number of amides is 1. The molecule has 1 atom stereocenters. The summed E-state index contributed by atoms with van der Waals surface area (Å²) in [6.45, 7) is 6.73. The van der Waals surface area contributed by atoms with Gasteiger partial charge in [0.1, 0.15) is 0 Å². The van der Waals surface area contributed by atoms with E-state index in [0.29, 0.717) is 6.61 Å². The SMILES string of the molecule is COC[C@H]1C(=O)NCC12CCN(Cc1ccc(C)s1)CC2. The highest BCUT2D eigenvalue weighted by molar-refractivity contribution is 7.11. The average molecular weight is 308 g/mol. The van der Waals surface area contributed by atoms with E-state index < -0.39 is 0 Å². The predicted octanol–water partition coefficient (Wildman–Crippen LogP) is 2.03. The van der Waals surface area contributed by atoms with Gasteiger partial charge in [-0.25, -0.2) is 0 Å². The molecule has 1 amide bonds. The highest BCUT2D eigenvalue weighted by Crippen LogP contribution is 2.42. The molecule has 0 aliphatic carbocycles. The minimum atomic E-state index is 0.0358. The number of thiophene rings is 1. The predicted molar refractivity (Wildman–Crippen MR) is 84.4 cm³/mol. The molecule has 4 nitrogen and oxygen atoms in total. The Balaban J connectivity index is 1.60. The molecule has 2 fully saturated rings. The Morgan fingerprint density at radius 3 is 2.81 bits per heavy atom. The summed E-state index contributed by atoms with van der Waals surface area (Å²) in [7, 11) is 1.69. The summed E-state index contributed by atoms with van der Waals surface area (Å²) in [5.41, 5.74) is 0.120. The molecule has 2 aliphatic rings. The van der Waals surface area contributed by atoms with E-state index in [1.165, 1.54) is 9.75 Å². The Bertz CT molecular complexity index is 506. The van der Waals surface area contributed by atoms with Crippen molar-refractivity contribution < 1.29 is 9.53 Å². The average Bonchev–Trinajstić information content (AvgIpc) is 3.01. The van der Waals surface area contributed by atoms with E-state index in [0.717, 1.165) is 39.0 Å². The van der Waals surface area contributed by atoms with Crippen LogP contribution in [-0.2, 0) is 16.1 Å². The van der Waals surface area contributed by atoms with Crippen molar-refractivity contribution in [3.63, 3.8) is 0 Å². The van der Waals surface area contributed by atoms with Gasteiger partial charge in [0.2, 0.25) is 5.91 Å².